The minimum atomic E-state index is -4.23. The van der Waals surface area contributed by atoms with Gasteiger partial charge in [-0.3, -0.25) is 0 Å². The summed E-state index contributed by atoms with van der Waals surface area (Å²) in [7, 11) is 0. The standard InChI is InChI=1S/C26H24F6O2/c1-3-5-6-18-9-16-22(24(28)23(18)27)26(31,32)34-21-14-10-19(11-15-21)25(29,30)33-20-12-7-17(4-2)8-13-20/h7-16H,3-6H2,1-2H3. The molecule has 0 atom stereocenters. The van der Waals surface area contributed by atoms with Crippen LogP contribution in [0.1, 0.15) is 48.9 Å². The van der Waals surface area contributed by atoms with Crippen molar-refractivity contribution < 1.29 is 35.8 Å². The normalized spacial score (nSPS) is 12.0. The topological polar surface area (TPSA) is 18.5 Å². The van der Waals surface area contributed by atoms with Crippen LogP contribution in [0.5, 0.6) is 11.5 Å². The van der Waals surface area contributed by atoms with Crippen LogP contribution in [0.2, 0.25) is 0 Å². The van der Waals surface area contributed by atoms with Crippen molar-refractivity contribution in [2.24, 2.45) is 0 Å². The zero-order valence-electron chi connectivity index (χ0n) is 18.7. The first-order valence-corrected chi connectivity index (χ1v) is 10.9. The zero-order chi connectivity index (χ0) is 24.9. The molecular formula is C26H24F6O2. The van der Waals surface area contributed by atoms with Gasteiger partial charge in [-0.05, 0) is 72.9 Å². The van der Waals surface area contributed by atoms with Crippen LogP contribution >= 0.6 is 0 Å². The smallest absolute Gasteiger partial charge is 0.429 e. The highest BCUT2D eigenvalue weighted by atomic mass is 19.3. The van der Waals surface area contributed by atoms with Gasteiger partial charge in [0.25, 0.3) is 0 Å². The quantitative estimate of drug-likeness (QED) is 0.272. The summed E-state index contributed by atoms with van der Waals surface area (Å²) in [5.41, 5.74) is -0.932. The van der Waals surface area contributed by atoms with Crippen molar-refractivity contribution in [2.75, 3.05) is 0 Å². The number of unbranched alkanes of at least 4 members (excludes halogenated alkanes) is 1. The molecule has 0 heterocycles. The Morgan fingerprint density at radius 2 is 1.24 bits per heavy atom. The highest BCUT2D eigenvalue weighted by molar-refractivity contribution is 5.34. The van der Waals surface area contributed by atoms with E-state index in [2.05, 4.69) is 4.74 Å². The third-order valence-corrected chi connectivity index (χ3v) is 5.29. The van der Waals surface area contributed by atoms with Crippen molar-refractivity contribution in [2.45, 2.75) is 51.7 Å². The summed E-state index contributed by atoms with van der Waals surface area (Å²) in [6, 6.07) is 11.5. The lowest BCUT2D eigenvalue weighted by Gasteiger charge is -2.21. The third-order valence-electron chi connectivity index (χ3n) is 5.29. The van der Waals surface area contributed by atoms with E-state index in [0.717, 1.165) is 54.8 Å². The lowest BCUT2D eigenvalue weighted by molar-refractivity contribution is -0.188. The lowest BCUT2D eigenvalue weighted by Crippen LogP contribution is -2.25. The fourth-order valence-electron chi connectivity index (χ4n) is 3.29. The second kappa shape index (κ2) is 10.4. The van der Waals surface area contributed by atoms with Crippen molar-refractivity contribution in [1.29, 1.82) is 0 Å². The average molecular weight is 482 g/mol. The molecule has 3 rings (SSSR count). The highest BCUT2D eigenvalue weighted by Crippen LogP contribution is 2.37. The van der Waals surface area contributed by atoms with Gasteiger partial charge in [-0.25, -0.2) is 8.78 Å². The number of hydrogen-bond acceptors (Lipinski definition) is 2. The van der Waals surface area contributed by atoms with E-state index in [-0.39, 0.29) is 17.7 Å². The van der Waals surface area contributed by atoms with Crippen LogP contribution in [-0.2, 0) is 25.1 Å². The van der Waals surface area contributed by atoms with Crippen molar-refractivity contribution in [3.8, 4) is 11.5 Å². The average Bonchev–Trinajstić information content (AvgIpc) is 2.80. The van der Waals surface area contributed by atoms with Gasteiger partial charge in [0.05, 0.1) is 5.56 Å². The number of benzene rings is 3. The fourth-order valence-corrected chi connectivity index (χ4v) is 3.29. The molecule has 34 heavy (non-hydrogen) atoms. The fraction of sp³-hybridized carbons (Fsp3) is 0.308. The molecule has 0 aliphatic heterocycles. The van der Waals surface area contributed by atoms with E-state index in [1.165, 1.54) is 12.1 Å². The molecule has 0 aliphatic carbocycles. The molecule has 0 radical (unpaired) electrons. The molecule has 3 aromatic rings. The molecule has 0 aromatic heterocycles. The van der Waals surface area contributed by atoms with Crippen molar-refractivity contribution in [3.63, 3.8) is 0 Å². The van der Waals surface area contributed by atoms with E-state index in [9.17, 15) is 26.3 Å². The SMILES string of the molecule is CCCCc1ccc(C(F)(F)Oc2ccc(C(F)(F)Oc3ccc(CC)cc3)cc2)c(F)c1F. The number of halogens is 6. The van der Waals surface area contributed by atoms with Gasteiger partial charge in [-0.15, -0.1) is 0 Å². The van der Waals surface area contributed by atoms with Gasteiger partial charge in [0.1, 0.15) is 17.1 Å². The Balaban J connectivity index is 1.74. The van der Waals surface area contributed by atoms with Crippen LogP contribution in [-0.4, -0.2) is 0 Å². The summed E-state index contributed by atoms with van der Waals surface area (Å²) in [5, 5.41) is 0. The van der Waals surface area contributed by atoms with Crippen LogP contribution in [0.15, 0.2) is 60.7 Å². The van der Waals surface area contributed by atoms with Crippen LogP contribution < -0.4 is 9.47 Å². The molecule has 0 aliphatic rings. The minimum absolute atomic E-state index is 0.00480. The summed E-state index contributed by atoms with van der Waals surface area (Å²) in [4.78, 5) is 0. The molecule has 2 nitrogen and oxygen atoms in total. The Morgan fingerprint density at radius 3 is 1.79 bits per heavy atom. The molecule has 3 aromatic carbocycles. The minimum Gasteiger partial charge on any atom is -0.429 e. The predicted molar refractivity (Wildman–Crippen MR) is 116 cm³/mol. The molecule has 0 saturated heterocycles. The number of aryl methyl sites for hydroxylation is 2. The highest BCUT2D eigenvalue weighted by Gasteiger charge is 2.40. The van der Waals surface area contributed by atoms with Crippen molar-refractivity contribution in [1.82, 2.24) is 0 Å². The molecule has 0 spiro atoms. The van der Waals surface area contributed by atoms with E-state index < -0.39 is 40.7 Å². The maximum absolute atomic E-state index is 14.5. The van der Waals surface area contributed by atoms with E-state index in [0.29, 0.717) is 6.42 Å². The number of ether oxygens (including phenoxy) is 2. The monoisotopic (exact) mass is 482 g/mol. The molecule has 0 bridgehead atoms. The first-order chi connectivity index (χ1) is 16.1. The summed E-state index contributed by atoms with van der Waals surface area (Å²) < 4.78 is 95.8. The van der Waals surface area contributed by atoms with E-state index in [4.69, 9.17) is 4.74 Å². The van der Waals surface area contributed by atoms with Crippen LogP contribution in [0.25, 0.3) is 0 Å². The summed E-state index contributed by atoms with van der Waals surface area (Å²) >= 11 is 0. The van der Waals surface area contributed by atoms with Crippen molar-refractivity contribution in [3.05, 3.63) is 94.6 Å². The summed E-state index contributed by atoms with van der Waals surface area (Å²) in [6.07, 6.45) is -5.70. The predicted octanol–water partition coefficient (Wildman–Crippen LogP) is 8.13. The van der Waals surface area contributed by atoms with E-state index >= 15 is 0 Å². The van der Waals surface area contributed by atoms with Gasteiger partial charge < -0.3 is 9.47 Å². The van der Waals surface area contributed by atoms with Gasteiger partial charge >= 0.3 is 12.2 Å². The van der Waals surface area contributed by atoms with Gasteiger partial charge in [-0.2, -0.15) is 17.6 Å². The first-order valence-electron chi connectivity index (χ1n) is 10.9. The second-order valence-electron chi connectivity index (χ2n) is 7.76. The largest absolute Gasteiger partial charge is 0.429 e. The first kappa shape index (κ1) is 25.5. The zero-order valence-corrected chi connectivity index (χ0v) is 18.7. The molecule has 182 valence electrons. The van der Waals surface area contributed by atoms with E-state index in [1.54, 1.807) is 12.1 Å². The van der Waals surface area contributed by atoms with Gasteiger partial charge in [0.15, 0.2) is 11.6 Å². The maximum Gasteiger partial charge on any atom is 0.429 e. The molecule has 8 heteroatoms. The Hall–Kier alpha value is -3.16. The molecular weight excluding hydrogens is 458 g/mol. The van der Waals surface area contributed by atoms with Gasteiger partial charge in [0.2, 0.25) is 0 Å². The second-order valence-corrected chi connectivity index (χ2v) is 7.76. The van der Waals surface area contributed by atoms with Gasteiger partial charge in [-0.1, -0.05) is 38.5 Å². The van der Waals surface area contributed by atoms with E-state index in [1.807, 2.05) is 13.8 Å². The van der Waals surface area contributed by atoms with Crippen molar-refractivity contribution >= 4 is 0 Å². The molecule has 0 saturated carbocycles. The number of hydrogen-bond donors (Lipinski definition) is 0. The maximum atomic E-state index is 14.5. The van der Waals surface area contributed by atoms with Crippen LogP contribution in [0, 0.1) is 11.6 Å². The van der Waals surface area contributed by atoms with Gasteiger partial charge in [0, 0.05) is 0 Å². The summed E-state index contributed by atoms with van der Waals surface area (Å²) in [5.74, 6) is -3.63. The molecule has 0 fully saturated rings. The molecule has 0 N–H and O–H groups in total. The summed E-state index contributed by atoms with van der Waals surface area (Å²) in [6.45, 7) is 3.78. The number of alkyl halides is 4. The molecule has 0 unspecified atom stereocenters. The Labute approximate surface area is 194 Å². The van der Waals surface area contributed by atoms with Crippen LogP contribution in [0.3, 0.4) is 0 Å². The Kier molecular flexibility index (Phi) is 7.79. The number of rotatable bonds is 10. The lowest BCUT2D eigenvalue weighted by atomic mass is 10.0. The van der Waals surface area contributed by atoms with Crippen LogP contribution in [0.4, 0.5) is 26.3 Å². The Bertz CT molecular complexity index is 1100. The third kappa shape index (κ3) is 5.85. The molecule has 0 amide bonds. The Morgan fingerprint density at radius 1 is 0.676 bits per heavy atom.